The van der Waals surface area contributed by atoms with Gasteiger partial charge in [-0.25, -0.2) is 15.0 Å². The van der Waals surface area contributed by atoms with E-state index >= 15 is 0 Å². The fraction of sp³-hybridized carbons (Fsp3) is 0.176. The Kier molecular flexibility index (Phi) is 5.53. The van der Waals surface area contributed by atoms with E-state index in [1.165, 1.54) is 11.3 Å². The Hall–Kier alpha value is -3.00. The molecule has 0 spiro atoms. The molecule has 2 aromatic heterocycles. The third-order valence-electron chi connectivity index (χ3n) is 3.39. The van der Waals surface area contributed by atoms with Crippen LogP contribution in [0.2, 0.25) is 0 Å². The summed E-state index contributed by atoms with van der Waals surface area (Å²) in [6.07, 6.45) is 3.95. The summed E-state index contributed by atoms with van der Waals surface area (Å²) in [5.74, 6) is 1.05. The molecule has 7 nitrogen and oxygen atoms in total. The molecule has 1 amide bonds. The number of rotatable bonds is 7. The van der Waals surface area contributed by atoms with Crippen molar-refractivity contribution in [2.24, 2.45) is 0 Å². The van der Waals surface area contributed by atoms with E-state index in [1.807, 2.05) is 24.3 Å². The predicted molar refractivity (Wildman–Crippen MR) is 96.5 cm³/mol. The minimum absolute atomic E-state index is 0.215. The first-order chi connectivity index (χ1) is 12.3. The summed E-state index contributed by atoms with van der Waals surface area (Å²) in [6.45, 7) is 0.501. The Morgan fingerprint density at radius 3 is 2.80 bits per heavy atom. The average Bonchev–Trinajstić information content (AvgIpc) is 3.11. The molecule has 3 rings (SSSR count). The van der Waals surface area contributed by atoms with Crippen LogP contribution in [0.4, 0.5) is 11.1 Å². The van der Waals surface area contributed by atoms with Crippen LogP contribution >= 0.6 is 11.3 Å². The number of nitrogens with zero attached hydrogens (tertiary/aromatic N) is 3. The lowest BCUT2D eigenvalue weighted by atomic mass is 10.1. The zero-order chi connectivity index (χ0) is 17.5. The summed E-state index contributed by atoms with van der Waals surface area (Å²) >= 11 is 1.33. The molecule has 1 aromatic carbocycles. The van der Waals surface area contributed by atoms with Crippen LogP contribution in [0, 0.1) is 0 Å². The van der Waals surface area contributed by atoms with Crippen LogP contribution in [0.25, 0.3) is 0 Å². The quantitative estimate of drug-likeness (QED) is 0.677. The molecule has 0 saturated heterocycles. The fourth-order valence-corrected chi connectivity index (χ4v) is 2.89. The fourth-order valence-electron chi connectivity index (χ4n) is 2.21. The lowest BCUT2D eigenvalue weighted by Gasteiger charge is -2.08. The van der Waals surface area contributed by atoms with Crippen molar-refractivity contribution in [3.8, 4) is 5.75 Å². The summed E-state index contributed by atoms with van der Waals surface area (Å²) in [4.78, 5) is 24.6. The molecule has 8 heteroatoms. The number of thiazole rings is 1. The van der Waals surface area contributed by atoms with Crippen molar-refractivity contribution in [3.05, 3.63) is 59.4 Å². The number of para-hydroxylation sites is 1. The zero-order valence-electron chi connectivity index (χ0n) is 13.6. The monoisotopic (exact) mass is 355 g/mol. The number of anilines is 2. The molecule has 0 aliphatic carbocycles. The van der Waals surface area contributed by atoms with Gasteiger partial charge in [0.25, 0.3) is 5.91 Å². The number of hydrogen-bond donors (Lipinski definition) is 2. The number of benzene rings is 1. The predicted octanol–water partition coefficient (Wildman–Crippen LogP) is 2.66. The highest BCUT2D eigenvalue weighted by molar-refractivity contribution is 7.14. The number of amides is 1. The smallest absolute Gasteiger partial charge is 0.270 e. The second-order valence-electron chi connectivity index (χ2n) is 5.05. The van der Waals surface area contributed by atoms with Gasteiger partial charge >= 0.3 is 0 Å². The van der Waals surface area contributed by atoms with E-state index in [2.05, 4.69) is 25.6 Å². The van der Waals surface area contributed by atoms with Crippen molar-refractivity contribution in [1.82, 2.24) is 20.3 Å². The van der Waals surface area contributed by atoms with E-state index in [1.54, 1.807) is 30.9 Å². The third-order valence-corrected chi connectivity index (χ3v) is 4.15. The average molecular weight is 355 g/mol. The number of methoxy groups -OCH3 is 1. The van der Waals surface area contributed by atoms with Crippen molar-refractivity contribution in [3.63, 3.8) is 0 Å². The van der Waals surface area contributed by atoms with Gasteiger partial charge in [0.05, 0.1) is 7.11 Å². The van der Waals surface area contributed by atoms with Crippen LogP contribution < -0.4 is 15.4 Å². The molecular formula is C17H17N5O2S. The maximum absolute atomic E-state index is 12.2. The van der Waals surface area contributed by atoms with Gasteiger partial charge in [0, 0.05) is 24.3 Å². The molecule has 0 aliphatic rings. The van der Waals surface area contributed by atoms with Crippen LogP contribution in [0.15, 0.2) is 48.1 Å². The van der Waals surface area contributed by atoms with Gasteiger partial charge in [-0.05, 0) is 24.1 Å². The van der Waals surface area contributed by atoms with E-state index in [0.717, 1.165) is 11.3 Å². The molecule has 3 aromatic rings. The van der Waals surface area contributed by atoms with Crippen LogP contribution in [0.3, 0.4) is 0 Å². The maximum Gasteiger partial charge on any atom is 0.270 e. The van der Waals surface area contributed by atoms with Crippen molar-refractivity contribution < 1.29 is 9.53 Å². The SMILES string of the molecule is COc1ccccc1CCNC(=O)c1csc(Nc2ncccn2)n1. The van der Waals surface area contributed by atoms with Crippen LogP contribution in [0.1, 0.15) is 16.1 Å². The molecule has 0 atom stereocenters. The highest BCUT2D eigenvalue weighted by atomic mass is 32.1. The number of ether oxygens (including phenoxy) is 1. The number of carbonyl (C=O) groups excluding carboxylic acids is 1. The molecule has 0 saturated carbocycles. The lowest BCUT2D eigenvalue weighted by Crippen LogP contribution is -2.26. The Morgan fingerprint density at radius 2 is 2.00 bits per heavy atom. The number of aromatic nitrogens is 3. The first kappa shape index (κ1) is 16.8. The molecule has 2 heterocycles. The van der Waals surface area contributed by atoms with Crippen LogP contribution in [-0.2, 0) is 6.42 Å². The molecule has 128 valence electrons. The van der Waals surface area contributed by atoms with Crippen molar-refractivity contribution >= 4 is 28.3 Å². The topological polar surface area (TPSA) is 89.0 Å². The van der Waals surface area contributed by atoms with Gasteiger partial charge in [-0.15, -0.1) is 11.3 Å². The standard InChI is InChI=1S/C17H17N5O2S/c1-24-14-6-3-2-5-12(14)7-10-18-15(23)13-11-25-17(21-13)22-16-19-8-4-9-20-16/h2-6,8-9,11H,7,10H2,1H3,(H,18,23)(H,19,20,21,22). The number of carbonyl (C=O) groups is 1. The Balaban J connectivity index is 1.53. The first-order valence-corrected chi connectivity index (χ1v) is 8.54. The number of nitrogens with one attached hydrogen (secondary N) is 2. The summed E-state index contributed by atoms with van der Waals surface area (Å²) in [6, 6.07) is 9.48. The molecule has 0 bridgehead atoms. The molecule has 0 aliphatic heterocycles. The summed E-state index contributed by atoms with van der Waals surface area (Å²) in [5, 5.41) is 8.10. The number of hydrogen-bond acceptors (Lipinski definition) is 7. The van der Waals surface area contributed by atoms with E-state index in [-0.39, 0.29) is 5.91 Å². The van der Waals surface area contributed by atoms with Gasteiger partial charge in [0.2, 0.25) is 5.95 Å². The summed E-state index contributed by atoms with van der Waals surface area (Å²) < 4.78 is 5.30. The van der Waals surface area contributed by atoms with E-state index < -0.39 is 0 Å². The largest absolute Gasteiger partial charge is 0.496 e. The molecule has 2 N–H and O–H groups in total. The van der Waals surface area contributed by atoms with Gasteiger partial charge in [0.15, 0.2) is 5.13 Å². The van der Waals surface area contributed by atoms with E-state index in [9.17, 15) is 4.79 Å². The van der Waals surface area contributed by atoms with Crippen LogP contribution in [-0.4, -0.2) is 34.5 Å². The minimum Gasteiger partial charge on any atom is -0.496 e. The Bertz CT molecular complexity index is 838. The second-order valence-corrected chi connectivity index (χ2v) is 5.91. The zero-order valence-corrected chi connectivity index (χ0v) is 14.4. The second kappa shape index (κ2) is 8.20. The van der Waals surface area contributed by atoms with Gasteiger partial charge in [-0.1, -0.05) is 18.2 Å². The first-order valence-electron chi connectivity index (χ1n) is 7.66. The van der Waals surface area contributed by atoms with Gasteiger partial charge in [-0.3, -0.25) is 4.79 Å². The maximum atomic E-state index is 12.2. The van der Waals surface area contributed by atoms with E-state index in [0.29, 0.717) is 29.7 Å². The van der Waals surface area contributed by atoms with Crippen molar-refractivity contribution in [1.29, 1.82) is 0 Å². The molecular weight excluding hydrogens is 338 g/mol. The Labute approximate surface area is 149 Å². The van der Waals surface area contributed by atoms with Gasteiger partial charge in [-0.2, -0.15) is 0 Å². The highest BCUT2D eigenvalue weighted by Gasteiger charge is 2.11. The molecule has 25 heavy (non-hydrogen) atoms. The summed E-state index contributed by atoms with van der Waals surface area (Å²) in [5.41, 5.74) is 1.41. The normalized spacial score (nSPS) is 10.3. The third kappa shape index (κ3) is 4.51. The summed E-state index contributed by atoms with van der Waals surface area (Å²) in [7, 11) is 1.64. The van der Waals surface area contributed by atoms with Gasteiger partial charge < -0.3 is 15.4 Å². The molecule has 0 unspecified atom stereocenters. The minimum atomic E-state index is -0.215. The van der Waals surface area contributed by atoms with Crippen molar-refractivity contribution in [2.75, 3.05) is 19.0 Å². The van der Waals surface area contributed by atoms with Crippen LogP contribution in [0.5, 0.6) is 5.75 Å². The molecule has 0 fully saturated rings. The van der Waals surface area contributed by atoms with E-state index in [4.69, 9.17) is 4.74 Å². The van der Waals surface area contributed by atoms with Crippen molar-refractivity contribution in [2.45, 2.75) is 6.42 Å². The molecule has 0 radical (unpaired) electrons. The Morgan fingerprint density at radius 1 is 1.20 bits per heavy atom. The van der Waals surface area contributed by atoms with Gasteiger partial charge in [0.1, 0.15) is 11.4 Å². The highest BCUT2D eigenvalue weighted by Crippen LogP contribution is 2.19. The lowest BCUT2D eigenvalue weighted by molar-refractivity contribution is 0.0950.